The van der Waals surface area contributed by atoms with Gasteiger partial charge in [-0.2, -0.15) is 0 Å². The minimum atomic E-state index is -2.06. The zero-order chi connectivity index (χ0) is 25.4. The van der Waals surface area contributed by atoms with Crippen molar-refractivity contribution in [1.29, 1.82) is 0 Å². The van der Waals surface area contributed by atoms with Gasteiger partial charge in [0.05, 0.1) is 16.6 Å². The SMILES string of the molecule is C=C(B1OC(C)(C)C(C)(C)O1)[C@@](C)(C(=O)C#C[Si](C(C)C)(C(C)C)C(C)C)c1ccccc1. The number of Topliss-reactive ketones (excluding diaryl/α,β-unsaturated/α-hetero) is 1. The number of carbonyl (C=O) groups is 1. The Kier molecular flexibility index (Phi) is 8.01. The van der Waals surface area contributed by atoms with Gasteiger partial charge in [0.15, 0.2) is 0 Å². The van der Waals surface area contributed by atoms with Gasteiger partial charge in [-0.1, -0.05) is 71.9 Å². The first-order valence-electron chi connectivity index (χ1n) is 12.2. The maximum atomic E-state index is 14.0. The average Bonchev–Trinajstić information content (AvgIpc) is 2.93. The van der Waals surface area contributed by atoms with Crippen LogP contribution in [-0.4, -0.2) is 32.2 Å². The van der Waals surface area contributed by atoms with Crippen LogP contribution in [0.4, 0.5) is 0 Å². The molecule has 1 fully saturated rings. The zero-order valence-corrected chi connectivity index (χ0v) is 23.6. The monoisotopic (exact) mass is 466 g/mol. The fourth-order valence-electron chi connectivity index (χ4n) is 5.18. The van der Waals surface area contributed by atoms with Gasteiger partial charge in [0.2, 0.25) is 5.78 Å². The van der Waals surface area contributed by atoms with Gasteiger partial charge in [-0.25, -0.2) is 0 Å². The van der Waals surface area contributed by atoms with Crippen LogP contribution in [0.5, 0.6) is 0 Å². The number of rotatable bonds is 7. The molecule has 1 aromatic carbocycles. The van der Waals surface area contributed by atoms with E-state index >= 15 is 0 Å². The summed E-state index contributed by atoms with van der Waals surface area (Å²) in [6, 6.07) is 9.77. The largest absolute Gasteiger partial charge is 0.491 e. The molecule has 1 aliphatic heterocycles. The molecule has 33 heavy (non-hydrogen) atoms. The highest BCUT2D eigenvalue weighted by atomic mass is 28.3. The Balaban J connectivity index is 2.60. The third-order valence-corrected chi connectivity index (χ3v) is 14.5. The van der Waals surface area contributed by atoms with Crippen LogP contribution < -0.4 is 0 Å². The molecule has 0 amide bonds. The second-order valence-electron chi connectivity index (χ2n) is 11.6. The zero-order valence-electron chi connectivity index (χ0n) is 22.6. The van der Waals surface area contributed by atoms with Crippen LogP contribution in [0, 0.1) is 11.5 Å². The summed E-state index contributed by atoms with van der Waals surface area (Å²) in [7, 11) is -2.74. The lowest BCUT2D eigenvalue weighted by Crippen LogP contribution is -2.44. The predicted octanol–water partition coefficient (Wildman–Crippen LogP) is 6.92. The molecule has 0 aliphatic carbocycles. The van der Waals surface area contributed by atoms with Crippen molar-refractivity contribution >= 4 is 21.0 Å². The molecule has 0 aromatic heterocycles. The fraction of sp³-hybridized carbons (Fsp3) is 0.607. The minimum Gasteiger partial charge on any atom is -0.400 e. The van der Waals surface area contributed by atoms with Gasteiger partial charge >= 0.3 is 7.12 Å². The Morgan fingerprint density at radius 3 is 1.76 bits per heavy atom. The van der Waals surface area contributed by atoms with E-state index < -0.39 is 31.8 Å². The maximum Gasteiger partial charge on any atom is 0.491 e. The molecule has 1 heterocycles. The van der Waals surface area contributed by atoms with E-state index in [0.29, 0.717) is 22.1 Å². The van der Waals surface area contributed by atoms with Gasteiger partial charge < -0.3 is 9.31 Å². The summed E-state index contributed by atoms with van der Waals surface area (Å²) < 4.78 is 12.6. The van der Waals surface area contributed by atoms with Crippen molar-refractivity contribution in [2.45, 2.75) is 109 Å². The van der Waals surface area contributed by atoms with Crippen LogP contribution in [0.3, 0.4) is 0 Å². The van der Waals surface area contributed by atoms with Gasteiger partial charge in [-0.15, -0.1) is 12.1 Å². The first-order valence-corrected chi connectivity index (χ1v) is 14.4. The van der Waals surface area contributed by atoms with E-state index in [0.717, 1.165) is 5.56 Å². The third-order valence-electron chi connectivity index (χ3n) is 8.24. The molecule has 0 saturated carbocycles. The summed E-state index contributed by atoms with van der Waals surface area (Å²) in [6.07, 6.45) is 0. The molecule has 0 N–H and O–H groups in total. The van der Waals surface area contributed by atoms with Crippen molar-refractivity contribution in [3.63, 3.8) is 0 Å². The highest BCUT2D eigenvalue weighted by Crippen LogP contribution is 2.44. The summed E-state index contributed by atoms with van der Waals surface area (Å²) in [5.41, 5.74) is 4.34. The van der Waals surface area contributed by atoms with E-state index in [1.54, 1.807) is 0 Å². The molecule has 0 unspecified atom stereocenters. The summed E-state index contributed by atoms with van der Waals surface area (Å²) in [5.74, 6) is 3.01. The standard InChI is InChI=1S/C28H43BO3Si/c1-20(2)33(21(3)4,22(5)6)19-18-25(30)28(12,24-16-14-13-15-17-24)23(7)29-31-26(8,9)27(10,11)32-29/h13-17,20-22H,7H2,1-6,8-12H3/t28-/m1/s1. The summed E-state index contributed by atoms with van der Waals surface area (Å²) in [4.78, 5) is 14.0. The van der Waals surface area contributed by atoms with Crippen LogP contribution in [0.2, 0.25) is 16.6 Å². The molecule has 1 saturated heterocycles. The van der Waals surface area contributed by atoms with Gasteiger partial charge in [0, 0.05) is 0 Å². The second-order valence-corrected chi connectivity index (χ2v) is 17.2. The smallest absolute Gasteiger partial charge is 0.400 e. The lowest BCUT2D eigenvalue weighted by molar-refractivity contribution is -0.117. The van der Waals surface area contributed by atoms with E-state index in [1.165, 1.54) is 0 Å². The van der Waals surface area contributed by atoms with E-state index in [2.05, 4.69) is 59.6 Å². The molecule has 0 spiro atoms. The molecule has 1 aliphatic rings. The minimum absolute atomic E-state index is 0.146. The van der Waals surface area contributed by atoms with E-state index in [9.17, 15) is 4.79 Å². The quantitative estimate of drug-likeness (QED) is 0.323. The number of hydrogen-bond donors (Lipinski definition) is 0. The molecule has 1 atom stereocenters. The third kappa shape index (κ3) is 4.81. The average molecular weight is 467 g/mol. The second kappa shape index (κ2) is 9.56. The number of ketones is 1. The lowest BCUT2D eigenvalue weighted by atomic mass is 9.59. The molecule has 0 bridgehead atoms. The molecule has 0 radical (unpaired) electrons. The van der Waals surface area contributed by atoms with Crippen LogP contribution in [0.1, 0.15) is 81.7 Å². The number of allylic oxidation sites excluding steroid dienone is 1. The van der Waals surface area contributed by atoms with Crippen molar-refractivity contribution in [2.75, 3.05) is 0 Å². The Labute approximate surface area is 203 Å². The van der Waals surface area contributed by atoms with Crippen molar-refractivity contribution in [3.05, 3.63) is 47.9 Å². The van der Waals surface area contributed by atoms with E-state index in [-0.39, 0.29) is 5.78 Å². The van der Waals surface area contributed by atoms with Crippen molar-refractivity contribution in [2.24, 2.45) is 0 Å². The van der Waals surface area contributed by atoms with Gasteiger partial charge in [0.1, 0.15) is 8.07 Å². The molecule has 180 valence electrons. The summed E-state index contributed by atoms with van der Waals surface area (Å²) >= 11 is 0. The Morgan fingerprint density at radius 2 is 1.36 bits per heavy atom. The topological polar surface area (TPSA) is 35.5 Å². The Bertz CT molecular complexity index is 899. The van der Waals surface area contributed by atoms with Crippen molar-refractivity contribution in [1.82, 2.24) is 0 Å². The molecule has 5 heteroatoms. The lowest BCUT2D eigenvalue weighted by Gasteiger charge is -2.38. The maximum absolute atomic E-state index is 14.0. The van der Waals surface area contributed by atoms with E-state index in [4.69, 9.17) is 9.31 Å². The highest BCUT2D eigenvalue weighted by molar-refractivity contribution is 6.90. The molecular formula is C28H43BO3Si. The molecule has 2 rings (SSSR count). The highest BCUT2D eigenvalue weighted by Gasteiger charge is 2.56. The summed E-state index contributed by atoms with van der Waals surface area (Å²) in [5, 5.41) is 0. The van der Waals surface area contributed by atoms with Crippen molar-refractivity contribution in [3.8, 4) is 11.5 Å². The van der Waals surface area contributed by atoms with Gasteiger partial charge in [-0.05, 0) is 68.2 Å². The first kappa shape index (κ1) is 27.6. The number of benzene rings is 1. The Hall–Kier alpha value is -1.61. The van der Waals surface area contributed by atoms with Crippen molar-refractivity contribution < 1.29 is 14.1 Å². The molecule has 3 nitrogen and oxygen atoms in total. The van der Waals surface area contributed by atoms with E-state index in [1.807, 2.05) is 65.0 Å². The first-order chi connectivity index (χ1) is 15.0. The number of hydrogen-bond acceptors (Lipinski definition) is 3. The normalized spacial score (nSPS) is 19.4. The van der Waals surface area contributed by atoms with Crippen LogP contribution in [-0.2, 0) is 19.5 Å². The number of carbonyl (C=O) groups excluding carboxylic acids is 1. The molecule has 1 aromatic rings. The van der Waals surface area contributed by atoms with Crippen LogP contribution >= 0.6 is 0 Å². The van der Waals surface area contributed by atoms with Gasteiger partial charge in [-0.3, -0.25) is 4.79 Å². The summed E-state index contributed by atoms with van der Waals surface area (Å²) in [6.45, 7) is 27.8. The fourth-order valence-corrected chi connectivity index (χ4v) is 10.4. The van der Waals surface area contributed by atoms with Crippen LogP contribution in [0.15, 0.2) is 42.4 Å². The molecular weight excluding hydrogens is 423 g/mol. The Morgan fingerprint density at radius 1 is 0.939 bits per heavy atom. The van der Waals surface area contributed by atoms with Crippen LogP contribution in [0.25, 0.3) is 0 Å². The predicted molar refractivity (Wildman–Crippen MR) is 143 cm³/mol. The van der Waals surface area contributed by atoms with Gasteiger partial charge in [0.25, 0.3) is 0 Å².